The van der Waals surface area contributed by atoms with Gasteiger partial charge in [-0.2, -0.15) is 0 Å². The highest BCUT2D eigenvalue weighted by Gasteiger charge is 2.36. The molecule has 0 spiro atoms. The summed E-state index contributed by atoms with van der Waals surface area (Å²) in [5.74, 6) is 1.63. The molecule has 0 radical (unpaired) electrons. The van der Waals surface area contributed by atoms with Crippen LogP contribution in [0.2, 0.25) is 0 Å². The van der Waals surface area contributed by atoms with E-state index >= 15 is 0 Å². The summed E-state index contributed by atoms with van der Waals surface area (Å²) < 4.78 is 15.7. The first-order valence-corrected chi connectivity index (χ1v) is 6.29. The molecule has 1 amide bonds. The van der Waals surface area contributed by atoms with Gasteiger partial charge in [0.15, 0.2) is 11.5 Å². The molecule has 1 aliphatic heterocycles. The van der Waals surface area contributed by atoms with Crippen molar-refractivity contribution < 1.29 is 19.0 Å². The number of carbonyl (C=O) groups excluding carboxylic acids is 1. The van der Waals surface area contributed by atoms with E-state index in [4.69, 9.17) is 14.2 Å². The smallest absolute Gasteiger partial charge is 0.242 e. The van der Waals surface area contributed by atoms with Crippen molar-refractivity contribution >= 4 is 27.5 Å². The molecule has 1 aromatic rings. The standard InChI is InChI=1S/C12H14BrNO4/c1-16-9-4-7(14-6-8(13)12(14)15)5-10(17-2)11(9)18-3/h4-5,8H,6H2,1-3H3/t8-/m0/s1. The average molecular weight is 316 g/mol. The number of alkyl halides is 1. The first kappa shape index (κ1) is 13.0. The molecule has 0 bridgehead atoms. The minimum absolute atomic E-state index is 0.0317. The van der Waals surface area contributed by atoms with Gasteiger partial charge in [-0.3, -0.25) is 4.79 Å². The largest absolute Gasteiger partial charge is 0.493 e. The predicted octanol–water partition coefficient (Wildman–Crippen LogP) is 1.82. The summed E-state index contributed by atoms with van der Waals surface area (Å²) in [6.45, 7) is 0.636. The Balaban J connectivity index is 2.41. The van der Waals surface area contributed by atoms with Crippen molar-refractivity contribution in [2.75, 3.05) is 32.8 Å². The van der Waals surface area contributed by atoms with E-state index in [9.17, 15) is 4.79 Å². The molecule has 1 fully saturated rings. The van der Waals surface area contributed by atoms with Gasteiger partial charge in [0.05, 0.1) is 27.0 Å². The minimum atomic E-state index is -0.100. The SMILES string of the molecule is COc1cc(N2C[C@H](Br)C2=O)cc(OC)c1OC. The number of carbonyl (C=O) groups is 1. The van der Waals surface area contributed by atoms with Crippen LogP contribution >= 0.6 is 15.9 Å². The van der Waals surface area contributed by atoms with E-state index in [0.717, 1.165) is 5.69 Å². The number of rotatable bonds is 4. The van der Waals surface area contributed by atoms with E-state index in [2.05, 4.69) is 15.9 Å². The summed E-state index contributed by atoms with van der Waals surface area (Å²) in [7, 11) is 4.64. The Hall–Kier alpha value is -1.43. The molecule has 2 rings (SSSR count). The Labute approximate surface area is 114 Å². The second kappa shape index (κ2) is 5.06. The van der Waals surface area contributed by atoms with Crippen LogP contribution in [0.4, 0.5) is 5.69 Å². The van der Waals surface area contributed by atoms with Crippen LogP contribution < -0.4 is 19.1 Å². The molecule has 1 aliphatic rings. The lowest BCUT2D eigenvalue weighted by atomic mass is 10.1. The molecule has 0 N–H and O–H groups in total. The Morgan fingerprint density at radius 1 is 1.17 bits per heavy atom. The van der Waals surface area contributed by atoms with Gasteiger partial charge in [0, 0.05) is 18.7 Å². The van der Waals surface area contributed by atoms with Crippen LogP contribution in [0.15, 0.2) is 12.1 Å². The van der Waals surface area contributed by atoms with E-state index < -0.39 is 0 Å². The number of hydrogen-bond donors (Lipinski definition) is 0. The zero-order valence-corrected chi connectivity index (χ0v) is 12.0. The minimum Gasteiger partial charge on any atom is -0.493 e. The van der Waals surface area contributed by atoms with Crippen molar-refractivity contribution in [2.24, 2.45) is 0 Å². The second-order valence-corrected chi connectivity index (χ2v) is 4.91. The van der Waals surface area contributed by atoms with E-state index in [0.29, 0.717) is 23.8 Å². The Morgan fingerprint density at radius 2 is 1.72 bits per heavy atom. The van der Waals surface area contributed by atoms with Crippen molar-refractivity contribution in [3.05, 3.63) is 12.1 Å². The summed E-state index contributed by atoms with van der Waals surface area (Å²) in [4.78, 5) is 13.2. The normalized spacial score (nSPS) is 18.3. The zero-order valence-electron chi connectivity index (χ0n) is 10.4. The number of halogens is 1. The molecule has 0 aliphatic carbocycles. The fraction of sp³-hybridized carbons (Fsp3) is 0.417. The lowest BCUT2D eigenvalue weighted by Crippen LogP contribution is -2.53. The molecule has 18 heavy (non-hydrogen) atoms. The van der Waals surface area contributed by atoms with Crippen LogP contribution in [0.3, 0.4) is 0 Å². The average Bonchev–Trinajstić information content (AvgIpc) is 2.42. The van der Waals surface area contributed by atoms with Crippen molar-refractivity contribution in [2.45, 2.75) is 4.83 Å². The van der Waals surface area contributed by atoms with Crippen LogP contribution in [-0.4, -0.2) is 38.6 Å². The molecule has 1 heterocycles. The number of anilines is 1. The highest BCUT2D eigenvalue weighted by atomic mass is 79.9. The number of amides is 1. The second-order valence-electron chi connectivity index (χ2n) is 3.80. The predicted molar refractivity (Wildman–Crippen MR) is 71.2 cm³/mol. The zero-order chi connectivity index (χ0) is 13.3. The molecule has 1 saturated heterocycles. The molecular formula is C12H14BrNO4. The van der Waals surface area contributed by atoms with Crippen molar-refractivity contribution in [1.29, 1.82) is 0 Å². The molecule has 5 nitrogen and oxygen atoms in total. The van der Waals surface area contributed by atoms with E-state index in [1.54, 1.807) is 38.4 Å². The number of β-lactam (4-membered cyclic amide) rings is 1. The lowest BCUT2D eigenvalue weighted by molar-refractivity contribution is -0.121. The number of methoxy groups -OCH3 is 3. The van der Waals surface area contributed by atoms with E-state index in [-0.39, 0.29) is 10.7 Å². The summed E-state index contributed by atoms with van der Waals surface area (Å²) >= 11 is 3.28. The molecule has 0 unspecified atom stereocenters. The number of ether oxygens (including phenoxy) is 3. The molecule has 0 aromatic heterocycles. The summed E-state index contributed by atoms with van der Waals surface area (Å²) in [5.41, 5.74) is 0.741. The lowest BCUT2D eigenvalue weighted by Gasteiger charge is -2.35. The molecule has 0 saturated carbocycles. The maximum atomic E-state index is 11.7. The summed E-state index contributed by atoms with van der Waals surface area (Å²) in [6.07, 6.45) is 0. The molecular weight excluding hydrogens is 302 g/mol. The Morgan fingerprint density at radius 3 is 2.06 bits per heavy atom. The van der Waals surface area contributed by atoms with Gasteiger partial charge in [-0.15, -0.1) is 0 Å². The first-order chi connectivity index (χ1) is 8.62. The van der Waals surface area contributed by atoms with Crippen LogP contribution in [0.1, 0.15) is 0 Å². The van der Waals surface area contributed by atoms with Gasteiger partial charge in [-0.1, -0.05) is 15.9 Å². The molecule has 1 atom stereocenters. The van der Waals surface area contributed by atoms with Crippen molar-refractivity contribution in [3.8, 4) is 17.2 Å². The molecule has 98 valence electrons. The van der Waals surface area contributed by atoms with Crippen LogP contribution in [0, 0.1) is 0 Å². The highest BCUT2D eigenvalue weighted by molar-refractivity contribution is 9.10. The van der Waals surface area contributed by atoms with E-state index in [1.165, 1.54) is 0 Å². The van der Waals surface area contributed by atoms with Crippen LogP contribution in [0.25, 0.3) is 0 Å². The third-order valence-corrected chi connectivity index (χ3v) is 3.52. The fourth-order valence-electron chi connectivity index (χ4n) is 1.84. The van der Waals surface area contributed by atoms with Gasteiger partial charge < -0.3 is 19.1 Å². The number of benzene rings is 1. The van der Waals surface area contributed by atoms with Crippen LogP contribution in [-0.2, 0) is 4.79 Å². The van der Waals surface area contributed by atoms with Crippen LogP contribution in [0.5, 0.6) is 17.2 Å². The van der Waals surface area contributed by atoms with Crippen molar-refractivity contribution in [3.63, 3.8) is 0 Å². The quantitative estimate of drug-likeness (QED) is 0.628. The highest BCUT2D eigenvalue weighted by Crippen LogP contribution is 2.42. The third-order valence-electron chi connectivity index (χ3n) is 2.84. The van der Waals surface area contributed by atoms with Gasteiger partial charge in [0.1, 0.15) is 4.83 Å². The maximum Gasteiger partial charge on any atom is 0.242 e. The summed E-state index contributed by atoms with van der Waals surface area (Å²) in [5, 5.41) is 0. The van der Waals surface area contributed by atoms with E-state index in [1.807, 2.05) is 0 Å². The molecule has 6 heteroatoms. The van der Waals surface area contributed by atoms with Gasteiger partial charge >= 0.3 is 0 Å². The third kappa shape index (κ3) is 2.01. The van der Waals surface area contributed by atoms with Gasteiger partial charge in [0.25, 0.3) is 0 Å². The van der Waals surface area contributed by atoms with Gasteiger partial charge in [0.2, 0.25) is 11.7 Å². The Bertz CT molecular complexity index is 452. The number of hydrogen-bond acceptors (Lipinski definition) is 4. The van der Waals surface area contributed by atoms with Gasteiger partial charge in [-0.05, 0) is 0 Å². The van der Waals surface area contributed by atoms with Crippen molar-refractivity contribution in [1.82, 2.24) is 0 Å². The topological polar surface area (TPSA) is 48.0 Å². The monoisotopic (exact) mass is 315 g/mol. The molecule has 1 aromatic carbocycles. The van der Waals surface area contributed by atoms with Gasteiger partial charge in [-0.25, -0.2) is 0 Å². The summed E-state index contributed by atoms with van der Waals surface area (Å²) in [6, 6.07) is 3.52. The Kier molecular flexibility index (Phi) is 3.65. The fourth-order valence-corrected chi connectivity index (χ4v) is 2.38. The maximum absolute atomic E-state index is 11.7. The number of nitrogens with zero attached hydrogens (tertiary/aromatic N) is 1. The first-order valence-electron chi connectivity index (χ1n) is 5.37.